The summed E-state index contributed by atoms with van der Waals surface area (Å²) in [5.41, 5.74) is 5.43. The minimum atomic E-state index is -3.11. The average molecular weight is 227 g/mol. The molecule has 4 nitrogen and oxygen atoms in total. The Bertz CT molecular complexity index is 283. The minimum Gasteiger partial charge on any atom is -0.329 e. The quantitative estimate of drug-likeness (QED) is 0.708. The molecule has 0 aromatic rings. The molecule has 2 saturated carbocycles. The van der Waals surface area contributed by atoms with Crippen molar-refractivity contribution in [2.45, 2.75) is 36.5 Å². The highest BCUT2D eigenvalue weighted by molar-refractivity contribution is 7.91. The van der Waals surface area contributed by atoms with Gasteiger partial charge in [-0.1, -0.05) is 0 Å². The molecule has 0 atom stereocenters. The maximum absolute atomic E-state index is 11.6. The third-order valence-electron chi connectivity index (χ3n) is 2.65. The average Bonchev–Trinajstić information content (AvgIpc) is 2.81. The van der Waals surface area contributed by atoms with Crippen LogP contribution in [-0.2, 0) is 10.0 Å². The fourth-order valence-electron chi connectivity index (χ4n) is 1.27. The largest absolute Gasteiger partial charge is 0.329 e. The van der Waals surface area contributed by atoms with Crippen LogP contribution in [0.15, 0.2) is 0 Å². The van der Waals surface area contributed by atoms with Crippen LogP contribution in [-0.4, -0.2) is 25.8 Å². The lowest BCUT2D eigenvalue weighted by Crippen LogP contribution is -2.41. The van der Waals surface area contributed by atoms with Gasteiger partial charge in [-0.15, -0.1) is 12.4 Å². The van der Waals surface area contributed by atoms with E-state index in [2.05, 4.69) is 4.72 Å². The van der Waals surface area contributed by atoms with Crippen molar-refractivity contribution in [1.82, 2.24) is 4.72 Å². The van der Waals surface area contributed by atoms with Crippen molar-refractivity contribution in [3.8, 4) is 0 Å². The number of hydrogen-bond donors (Lipinski definition) is 2. The second-order valence-corrected chi connectivity index (χ2v) is 5.89. The molecule has 0 aromatic heterocycles. The van der Waals surface area contributed by atoms with Gasteiger partial charge in [0.2, 0.25) is 10.0 Å². The molecule has 13 heavy (non-hydrogen) atoms. The first-order valence-electron chi connectivity index (χ1n) is 4.32. The van der Waals surface area contributed by atoms with E-state index in [1.807, 2.05) is 0 Å². The minimum absolute atomic E-state index is 0. The highest BCUT2D eigenvalue weighted by Crippen LogP contribution is 2.42. The van der Waals surface area contributed by atoms with Crippen molar-refractivity contribution in [2.75, 3.05) is 6.54 Å². The smallest absolute Gasteiger partial charge is 0.218 e. The van der Waals surface area contributed by atoms with E-state index in [9.17, 15) is 8.42 Å². The molecular weight excluding hydrogens is 212 g/mol. The molecular formula is C7H15ClN2O2S. The SMILES string of the molecule is Cl.NCC1(S(=O)(=O)NC2CC2)CC1. The number of halogens is 1. The number of nitrogens with two attached hydrogens (primary N) is 1. The Labute approximate surface area is 84.7 Å². The number of sulfonamides is 1. The topological polar surface area (TPSA) is 72.2 Å². The van der Waals surface area contributed by atoms with Gasteiger partial charge in [0.1, 0.15) is 0 Å². The number of hydrogen-bond acceptors (Lipinski definition) is 3. The van der Waals surface area contributed by atoms with Gasteiger partial charge in [-0.05, 0) is 25.7 Å². The van der Waals surface area contributed by atoms with E-state index in [-0.39, 0.29) is 25.0 Å². The summed E-state index contributed by atoms with van der Waals surface area (Å²) in [6, 6.07) is 0.207. The summed E-state index contributed by atoms with van der Waals surface area (Å²) >= 11 is 0. The Hall–Kier alpha value is 0.160. The molecule has 6 heteroatoms. The lowest BCUT2D eigenvalue weighted by atomic mass is 10.4. The first-order valence-corrected chi connectivity index (χ1v) is 5.80. The number of rotatable bonds is 4. The summed E-state index contributed by atoms with van der Waals surface area (Å²) in [6.07, 6.45) is 3.43. The molecule has 0 aliphatic heterocycles. The van der Waals surface area contributed by atoms with Crippen LogP contribution in [0.1, 0.15) is 25.7 Å². The summed E-state index contributed by atoms with van der Waals surface area (Å²) in [4.78, 5) is 0. The first-order chi connectivity index (χ1) is 5.60. The van der Waals surface area contributed by atoms with E-state index in [0.29, 0.717) is 0 Å². The van der Waals surface area contributed by atoms with Crippen molar-refractivity contribution >= 4 is 22.4 Å². The Kier molecular flexibility index (Phi) is 2.92. The van der Waals surface area contributed by atoms with Gasteiger partial charge in [-0.2, -0.15) is 0 Å². The molecule has 0 radical (unpaired) electrons. The molecule has 0 aromatic carbocycles. The van der Waals surface area contributed by atoms with E-state index in [1.54, 1.807) is 0 Å². The summed E-state index contributed by atoms with van der Waals surface area (Å²) < 4.78 is 25.3. The van der Waals surface area contributed by atoms with E-state index in [1.165, 1.54) is 0 Å². The van der Waals surface area contributed by atoms with Crippen LogP contribution in [0, 0.1) is 0 Å². The van der Waals surface area contributed by atoms with E-state index >= 15 is 0 Å². The van der Waals surface area contributed by atoms with Crippen LogP contribution in [0.25, 0.3) is 0 Å². The molecule has 78 valence electrons. The zero-order valence-electron chi connectivity index (χ0n) is 7.32. The Balaban J connectivity index is 0.000000845. The van der Waals surface area contributed by atoms with Crippen LogP contribution < -0.4 is 10.5 Å². The van der Waals surface area contributed by atoms with Gasteiger partial charge in [0, 0.05) is 12.6 Å². The third-order valence-corrected chi connectivity index (χ3v) is 5.01. The van der Waals surface area contributed by atoms with Crippen molar-refractivity contribution in [3.63, 3.8) is 0 Å². The molecule has 2 aliphatic rings. The Morgan fingerprint density at radius 2 is 1.92 bits per heavy atom. The second kappa shape index (κ2) is 3.38. The molecule has 2 aliphatic carbocycles. The first kappa shape index (κ1) is 11.2. The Morgan fingerprint density at radius 3 is 2.23 bits per heavy atom. The Morgan fingerprint density at radius 1 is 1.38 bits per heavy atom. The van der Waals surface area contributed by atoms with Gasteiger partial charge in [-0.3, -0.25) is 0 Å². The molecule has 3 N–H and O–H groups in total. The van der Waals surface area contributed by atoms with Crippen LogP contribution in [0.4, 0.5) is 0 Å². The molecule has 0 saturated heterocycles. The van der Waals surface area contributed by atoms with E-state index in [4.69, 9.17) is 5.73 Å². The molecule has 0 amide bonds. The second-order valence-electron chi connectivity index (χ2n) is 3.78. The predicted octanol–water partition coefficient (Wildman–Crippen LogP) is -0.0187. The molecule has 0 bridgehead atoms. The van der Waals surface area contributed by atoms with Crippen LogP contribution in [0.5, 0.6) is 0 Å². The summed E-state index contributed by atoms with van der Waals surface area (Å²) in [5.74, 6) is 0. The maximum atomic E-state index is 11.6. The molecule has 0 heterocycles. The monoisotopic (exact) mass is 226 g/mol. The van der Waals surface area contributed by atoms with Gasteiger partial charge >= 0.3 is 0 Å². The molecule has 2 rings (SSSR count). The van der Waals surface area contributed by atoms with Gasteiger partial charge < -0.3 is 5.73 Å². The van der Waals surface area contributed by atoms with Crippen LogP contribution in [0.2, 0.25) is 0 Å². The number of nitrogens with one attached hydrogen (secondary N) is 1. The third kappa shape index (κ3) is 1.98. The standard InChI is InChI=1S/C7H14N2O2S.ClH/c8-5-7(3-4-7)12(10,11)9-6-1-2-6;/h6,9H,1-5,8H2;1H. The fourth-order valence-corrected chi connectivity index (χ4v) is 3.05. The normalized spacial score (nSPS) is 25.0. The zero-order chi connectivity index (χ0) is 8.82. The highest BCUT2D eigenvalue weighted by atomic mass is 35.5. The summed E-state index contributed by atoms with van der Waals surface area (Å²) in [6.45, 7) is 0.259. The van der Waals surface area contributed by atoms with Gasteiger partial charge in [-0.25, -0.2) is 13.1 Å². The fraction of sp³-hybridized carbons (Fsp3) is 1.00. The van der Waals surface area contributed by atoms with Crippen LogP contribution in [0.3, 0.4) is 0 Å². The lowest BCUT2D eigenvalue weighted by molar-refractivity contribution is 0.561. The molecule has 0 spiro atoms. The predicted molar refractivity (Wildman–Crippen MR) is 53.3 cm³/mol. The van der Waals surface area contributed by atoms with Gasteiger partial charge in [0.15, 0.2) is 0 Å². The van der Waals surface area contributed by atoms with Gasteiger partial charge in [0.05, 0.1) is 4.75 Å². The lowest BCUT2D eigenvalue weighted by Gasteiger charge is -2.13. The van der Waals surface area contributed by atoms with Crippen molar-refractivity contribution < 1.29 is 8.42 Å². The van der Waals surface area contributed by atoms with Gasteiger partial charge in [0.25, 0.3) is 0 Å². The highest BCUT2D eigenvalue weighted by Gasteiger charge is 2.54. The molecule has 2 fully saturated rings. The van der Waals surface area contributed by atoms with Crippen LogP contribution >= 0.6 is 12.4 Å². The molecule has 0 unspecified atom stereocenters. The van der Waals surface area contributed by atoms with E-state index in [0.717, 1.165) is 25.7 Å². The van der Waals surface area contributed by atoms with Crippen molar-refractivity contribution in [1.29, 1.82) is 0 Å². The van der Waals surface area contributed by atoms with Crippen molar-refractivity contribution in [3.05, 3.63) is 0 Å². The summed E-state index contributed by atoms with van der Waals surface area (Å²) in [5, 5.41) is 0. The van der Waals surface area contributed by atoms with Crippen molar-refractivity contribution in [2.24, 2.45) is 5.73 Å². The summed E-state index contributed by atoms with van der Waals surface area (Å²) in [7, 11) is -3.11. The van der Waals surface area contributed by atoms with E-state index < -0.39 is 14.8 Å². The zero-order valence-corrected chi connectivity index (χ0v) is 8.96. The maximum Gasteiger partial charge on any atom is 0.218 e.